The Morgan fingerprint density at radius 3 is 1.83 bits per heavy atom. The van der Waals surface area contributed by atoms with E-state index < -0.39 is 23.9 Å². The molecule has 0 spiro atoms. The van der Waals surface area contributed by atoms with Crippen molar-refractivity contribution in [2.75, 3.05) is 0 Å². The number of carbonyl (C=O) groups is 2. The van der Waals surface area contributed by atoms with Gasteiger partial charge in [-0.25, -0.2) is 4.84 Å². The minimum atomic E-state index is -1.28. The summed E-state index contributed by atoms with van der Waals surface area (Å²) in [5, 5.41) is 16.8. The fourth-order valence-electron chi connectivity index (χ4n) is 0.498. The average molecular weight is 200 g/mol. The predicted molar refractivity (Wildman–Crippen MR) is 40.8 cm³/mol. The van der Waals surface area contributed by atoms with Gasteiger partial charge in [0.25, 0.3) is 0 Å². The van der Waals surface area contributed by atoms with E-state index in [2.05, 4.69) is 0 Å². The maximum atomic E-state index is 10.3. The molecule has 0 aromatic heterocycles. The molecule has 0 saturated heterocycles. The molecule has 0 aliphatic rings. The van der Waals surface area contributed by atoms with Gasteiger partial charge >= 0.3 is 11.9 Å². The Labute approximate surface area is 73.6 Å². The Hall–Kier alpha value is -0.850. The smallest absolute Gasteiger partial charge is 0.322 e. The van der Waals surface area contributed by atoms with E-state index in [4.69, 9.17) is 22.0 Å². The van der Waals surface area contributed by atoms with Crippen LogP contribution in [0.1, 0.15) is 6.92 Å². The largest absolute Gasteiger partial charge is 0.481 e. The third kappa shape index (κ3) is 3.51. The SMILES string of the molecule is CC(C(=O)O)[C@H](NCl)C(=O)O.O. The van der Waals surface area contributed by atoms with Gasteiger partial charge in [-0.3, -0.25) is 9.59 Å². The number of nitrogens with one attached hydrogen (secondary N) is 1. The van der Waals surface area contributed by atoms with Crippen LogP contribution >= 0.6 is 11.8 Å². The second-order valence-electron chi connectivity index (χ2n) is 2.05. The van der Waals surface area contributed by atoms with Gasteiger partial charge in [-0.05, 0) is 18.7 Å². The Morgan fingerprint density at radius 1 is 1.33 bits per heavy atom. The van der Waals surface area contributed by atoms with Crippen LogP contribution in [0, 0.1) is 5.92 Å². The first-order valence-electron chi connectivity index (χ1n) is 2.82. The van der Waals surface area contributed by atoms with Crippen molar-refractivity contribution in [3.63, 3.8) is 0 Å². The topological polar surface area (TPSA) is 118 Å². The van der Waals surface area contributed by atoms with Crippen molar-refractivity contribution in [3.8, 4) is 0 Å². The number of aliphatic carboxylic acids is 2. The first-order valence-corrected chi connectivity index (χ1v) is 3.20. The maximum absolute atomic E-state index is 10.3. The lowest BCUT2D eigenvalue weighted by Gasteiger charge is -2.12. The summed E-state index contributed by atoms with van der Waals surface area (Å²) in [6.07, 6.45) is 0. The van der Waals surface area contributed by atoms with Crippen molar-refractivity contribution in [3.05, 3.63) is 0 Å². The summed E-state index contributed by atoms with van der Waals surface area (Å²) in [5.74, 6) is -3.54. The van der Waals surface area contributed by atoms with E-state index in [-0.39, 0.29) is 5.48 Å². The second kappa shape index (κ2) is 5.76. The number of carboxylic acid groups (broad SMARTS) is 2. The zero-order valence-electron chi connectivity index (χ0n) is 6.24. The van der Waals surface area contributed by atoms with Crippen LogP contribution in [0.4, 0.5) is 0 Å². The first-order chi connectivity index (χ1) is 5.00. The van der Waals surface area contributed by atoms with Crippen LogP contribution in [0.25, 0.3) is 0 Å². The normalized spacial score (nSPS) is 14.2. The van der Waals surface area contributed by atoms with Gasteiger partial charge in [0.1, 0.15) is 6.04 Å². The lowest BCUT2D eigenvalue weighted by atomic mass is 10.0. The van der Waals surface area contributed by atoms with Crippen LogP contribution in [0.2, 0.25) is 0 Å². The molecule has 7 heteroatoms. The van der Waals surface area contributed by atoms with E-state index >= 15 is 0 Å². The first kappa shape index (κ1) is 13.7. The molecule has 0 heterocycles. The molecule has 2 atom stereocenters. The molecule has 5 N–H and O–H groups in total. The van der Waals surface area contributed by atoms with Gasteiger partial charge in [-0.2, -0.15) is 0 Å². The number of rotatable bonds is 4. The van der Waals surface area contributed by atoms with Crippen LogP contribution in [-0.4, -0.2) is 33.7 Å². The van der Waals surface area contributed by atoms with Crippen molar-refractivity contribution < 1.29 is 25.3 Å². The maximum Gasteiger partial charge on any atom is 0.322 e. The third-order valence-corrected chi connectivity index (χ3v) is 1.51. The fourth-order valence-corrected chi connectivity index (χ4v) is 0.780. The molecular weight excluding hydrogens is 190 g/mol. The molecule has 0 fully saturated rings. The number of hydrogen-bond donors (Lipinski definition) is 3. The van der Waals surface area contributed by atoms with Gasteiger partial charge in [-0.1, -0.05) is 0 Å². The molecule has 0 saturated carbocycles. The standard InChI is InChI=1S/C5H8ClNO4.H2O/c1-2(4(8)9)3(7-6)5(10)11;/h2-3,7H,1H3,(H,8,9)(H,10,11);1H2/t2?,3-;/m0./s1. The molecule has 0 bridgehead atoms. The minimum Gasteiger partial charge on any atom is -0.481 e. The number of hydrogen-bond acceptors (Lipinski definition) is 3. The van der Waals surface area contributed by atoms with Crippen molar-refractivity contribution in [1.82, 2.24) is 4.84 Å². The quantitative estimate of drug-likeness (QED) is 0.506. The highest BCUT2D eigenvalue weighted by atomic mass is 35.5. The third-order valence-electron chi connectivity index (χ3n) is 1.27. The van der Waals surface area contributed by atoms with Gasteiger partial charge < -0.3 is 15.7 Å². The molecule has 0 aliphatic carbocycles. The van der Waals surface area contributed by atoms with Crippen LogP contribution in [0.15, 0.2) is 0 Å². The van der Waals surface area contributed by atoms with Crippen molar-refractivity contribution in [2.24, 2.45) is 5.92 Å². The van der Waals surface area contributed by atoms with E-state index in [1.807, 2.05) is 4.84 Å². The van der Waals surface area contributed by atoms with Gasteiger partial charge in [0.2, 0.25) is 0 Å². The Bertz CT molecular complexity index is 173. The molecule has 0 aromatic carbocycles. The van der Waals surface area contributed by atoms with Gasteiger partial charge in [-0.15, -0.1) is 0 Å². The predicted octanol–water partition coefficient (Wildman–Crippen LogP) is -0.921. The number of carboxylic acids is 2. The van der Waals surface area contributed by atoms with Crippen LogP contribution in [-0.2, 0) is 9.59 Å². The van der Waals surface area contributed by atoms with Crippen molar-refractivity contribution in [1.29, 1.82) is 0 Å². The van der Waals surface area contributed by atoms with Crippen LogP contribution < -0.4 is 4.84 Å². The molecule has 0 aromatic rings. The zero-order chi connectivity index (χ0) is 9.02. The summed E-state index contributed by atoms with van der Waals surface area (Å²) in [6.45, 7) is 1.26. The fraction of sp³-hybridized carbons (Fsp3) is 0.600. The molecular formula is C5H10ClNO5. The van der Waals surface area contributed by atoms with Crippen LogP contribution in [0.3, 0.4) is 0 Å². The Kier molecular flexibility index (Phi) is 6.58. The molecule has 1 unspecified atom stereocenters. The summed E-state index contributed by atoms with van der Waals surface area (Å²) in [5.41, 5.74) is 0. The molecule has 0 radical (unpaired) electrons. The van der Waals surface area contributed by atoms with Crippen molar-refractivity contribution >= 4 is 23.7 Å². The van der Waals surface area contributed by atoms with Gasteiger partial charge in [0, 0.05) is 0 Å². The van der Waals surface area contributed by atoms with Gasteiger partial charge in [0.15, 0.2) is 0 Å². The molecule has 72 valence electrons. The van der Waals surface area contributed by atoms with Gasteiger partial charge in [0.05, 0.1) is 5.92 Å². The van der Waals surface area contributed by atoms with E-state index in [0.717, 1.165) is 0 Å². The zero-order valence-corrected chi connectivity index (χ0v) is 7.00. The van der Waals surface area contributed by atoms with E-state index in [9.17, 15) is 9.59 Å². The number of halogens is 1. The lowest BCUT2D eigenvalue weighted by molar-refractivity contribution is -0.149. The van der Waals surface area contributed by atoms with E-state index in [1.54, 1.807) is 0 Å². The molecule has 12 heavy (non-hydrogen) atoms. The Balaban J connectivity index is 0. The summed E-state index contributed by atoms with van der Waals surface area (Å²) in [4.78, 5) is 22.4. The van der Waals surface area contributed by atoms with E-state index in [0.29, 0.717) is 0 Å². The Morgan fingerprint density at radius 2 is 1.75 bits per heavy atom. The average Bonchev–Trinajstić information content (AvgIpc) is 1.88. The van der Waals surface area contributed by atoms with Crippen molar-refractivity contribution in [2.45, 2.75) is 13.0 Å². The van der Waals surface area contributed by atoms with E-state index in [1.165, 1.54) is 6.92 Å². The second-order valence-corrected chi connectivity index (χ2v) is 2.27. The molecule has 6 nitrogen and oxygen atoms in total. The summed E-state index contributed by atoms with van der Waals surface area (Å²) < 4.78 is 0. The summed E-state index contributed by atoms with van der Waals surface area (Å²) in [7, 11) is 0. The molecule has 0 amide bonds. The minimum absolute atomic E-state index is 0. The summed E-state index contributed by atoms with van der Waals surface area (Å²) >= 11 is 5.01. The highest BCUT2D eigenvalue weighted by molar-refractivity contribution is 6.15. The highest BCUT2D eigenvalue weighted by Gasteiger charge is 2.28. The molecule has 0 aliphatic heterocycles. The summed E-state index contributed by atoms with van der Waals surface area (Å²) in [6, 6.07) is -1.26. The highest BCUT2D eigenvalue weighted by Crippen LogP contribution is 2.03. The monoisotopic (exact) mass is 199 g/mol. The lowest BCUT2D eigenvalue weighted by Crippen LogP contribution is -2.40. The van der Waals surface area contributed by atoms with Crippen LogP contribution in [0.5, 0.6) is 0 Å². The molecule has 0 rings (SSSR count).